The summed E-state index contributed by atoms with van der Waals surface area (Å²) in [5.41, 5.74) is 3.08. The van der Waals surface area contributed by atoms with Crippen molar-refractivity contribution in [3.8, 4) is 10.6 Å². The molecule has 2 amide bonds. The summed E-state index contributed by atoms with van der Waals surface area (Å²) in [5, 5.41) is 0.900. The number of amides is 2. The third kappa shape index (κ3) is 4.84. The summed E-state index contributed by atoms with van der Waals surface area (Å²) in [6, 6.07) is 8.28. The van der Waals surface area contributed by atoms with Gasteiger partial charge in [-0.25, -0.2) is 4.98 Å². The second kappa shape index (κ2) is 9.51. The molecule has 1 aromatic carbocycles. The minimum atomic E-state index is 0.0497. The van der Waals surface area contributed by atoms with Crippen LogP contribution in [0.5, 0.6) is 0 Å². The Hall–Kier alpha value is -2.21. The van der Waals surface area contributed by atoms with Crippen LogP contribution in [0.3, 0.4) is 0 Å². The molecule has 0 bridgehead atoms. The topological polar surface area (TPSA) is 53.5 Å². The third-order valence-electron chi connectivity index (χ3n) is 6.88. The van der Waals surface area contributed by atoms with Gasteiger partial charge in [-0.1, -0.05) is 36.8 Å². The van der Waals surface area contributed by atoms with Crippen molar-refractivity contribution in [1.82, 2.24) is 14.8 Å². The number of likely N-dealkylation sites (tertiary alicyclic amines) is 2. The summed E-state index contributed by atoms with van der Waals surface area (Å²) in [6.07, 6.45) is 5.29. The van der Waals surface area contributed by atoms with Crippen molar-refractivity contribution in [2.45, 2.75) is 52.9 Å². The molecule has 0 aliphatic carbocycles. The van der Waals surface area contributed by atoms with Crippen LogP contribution in [0, 0.1) is 25.7 Å². The van der Waals surface area contributed by atoms with Gasteiger partial charge in [0, 0.05) is 37.7 Å². The number of nitrogens with zero attached hydrogens (tertiary/aromatic N) is 3. The zero-order valence-corrected chi connectivity index (χ0v) is 19.7. The molecule has 2 fully saturated rings. The molecule has 5 nitrogen and oxygen atoms in total. The summed E-state index contributed by atoms with van der Waals surface area (Å²) in [6.45, 7) is 9.34. The lowest BCUT2D eigenvalue weighted by Gasteiger charge is -2.37. The second-order valence-electron chi connectivity index (χ2n) is 9.10. The molecule has 0 N–H and O–H groups in total. The largest absolute Gasteiger partial charge is 0.342 e. The van der Waals surface area contributed by atoms with Gasteiger partial charge >= 0.3 is 0 Å². The molecule has 2 aliphatic rings. The molecule has 2 saturated heterocycles. The lowest BCUT2D eigenvalue weighted by Crippen LogP contribution is -2.45. The maximum Gasteiger partial charge on any atom is 0.265 e. The number of aryl methyl sites for hydroxylation is 2. The molecule has 0 unspecified atom stereocenters. The number of piperidine rings is 2. The fraction of sp³-hybridized carbons (Fsp3) is 0.560. The molecule has 0 spiro atoms. The first-order valence-corrected chi connectivity index (χ1v) is 12.4. The molecule has 2 aromatic rings. The number of carbonyl (C=O) groups excluding carboxylic acids is 2. The minimum Gasteiger partial charge on any atom is -0.342 e. The summed E-state index contributed by atoms with van der Waals surface area (Å²) in [4.78, 5) is 35.5. The van der Waals surface area contributed by atoms with Gasteiger partial charge in [0.1, 0.15) is 9.88 Å². The maximum atomic E-state index is 13.2. The van der Waals surface area contributed by atoms with Crippen LogP contribution in [0.2, 0.25) is 0 Å². The first-order chi connectivity index (χ1) is 14.9. The first kappa shape index (κ1) is 22.0. The van der Waals surface area contributed by atoms with E-state index >= 15 is 0 Å². The molecule has 1 aromatic heterocycles. The van der Waals surface area contributed by atoms with Crippen LogP contribution in [0.1, 0.15) is 60.0 Å². The Balaban J connectivity index is 1.37. The van der Waals surface area contributed by atoms with Crippen LogP contribution in [0.15, 0.2) is 24.3 Å². The van der Waals surface area contributed by atoms with Gasteiger partial charge in [-0.05, 0) is 51.9 Å². The van der Waals surface area contributed by atoms with Crippen LogP contribution >= 0.6 is 11.3 Å². The SMILES string of the molecule is Cc1ccc(-c2nc(C)c(C(=O)N3CCC([C@@H](C)C(=O)N4CCCCC4)CC3)s2)cc1. The highest BCUT2D eigenvalue weighted by atomic mass is 32.1. The van der Waals surface area contributed by atoms with Gasteiger partial charge in [-0.2, -0.15) is 0 Å². The number of carbonyl (C=O) groups is 2. The van der Waals surface area contributed by atoms with E-state index in [1.165, 1.54) is 23.3 Å². The Morgan fingerprint density at radius 1 is 0.968 bits per heavy atom. The van der Waals surface area contributed by atoms with Gasteiger partial charge in [0.15, 0.2) is 0 Å². The Kier molecular flexibility index (Phi) is 6.75. The van der Waals surface area contributed by atoms with Gasteiger partial charge in [-0.15, -0.1) is 11.3 Å². The van der Waals surface area contributed by atoms with Crippen LogP contribution in [0.4, 0.5) is 0 Å². The Morgan fingerprint density at radius 3 is 2.26 bits per heavy atom. The lowest BCUT2D eigenvalue weighted by molar-refractivity contribution is -0.138. The Labute approximate surface area is 189 Å². The lowest BCUT2D eigenvalue weighted by atomic mass is 9.84. The summed E-state index contributed by atoms with van der Waals surface area (Å²) in [5.74, 6) is 0.810. The summed E-state index contributed by atoms with van der Waals surface area (Å²) in [7, 11) is 0. The van der Waals surface area contributed by atoms with Gasteiger partial charge in [0.05, 0.1) is 5.69 Å². The molecular weight excluding hydrogens is 406 g/mol. The van der Waals surface area contributed by atoms with Crippen molar-refractivity contribution in [1.29, 1.82) is 0 Å². The van der Waals surface area contributed by atoms with E-state index in [2.05, 4.69) is 48.0 Å². The van der Waals surface area contributed by atoms with Crippen molar-refractivity contribution in [3.05, 3.63) is 40.4 Å². The predicted molar refractivity (Wildman–Crippen MR) is 125 cm³/mol. The molecule has 0 saturated carbocycles. The van der Waals surface area contributed by atoms with E-state index in [1.54, 1.807) is 0 Å². The highest BCUT2D eigenvalue weighted by molar-refractivity contribution is 7.17. The smallest absolute Gasteiger partial charge is 0.265 e. The average molecular weight is 440 g/mol. The van der Waals surface area contributed by atoms with Crippen LogP contribution in [0.25, 0.3) is 10.6 Å². The van der Waals surface area contributed by atoms with E-state index in [0.717, 1.165) is 73.0 Å². The quantitative estimate of drug-likeness (QED) is 0.679. The van der Waals surface area contributed by atoms with Gasteiger partial charge in [0.25, 0.3) is 5.91 Å². The average Bonchev–Trinajstić information content (AvgIpc) is 3.20. The third-order valence-corrected chi connectivity index (χ3v) is 8.08. The standard InChI is InChI=1S/C25H33N3O2S/c1-17-7-9-21(10-8-17)23-26-19(3)22(31-23)25(30)28-15-11-20(12-16-28)18(2)24(29)27-13-5-4-6-14-27/h7-10,18,20H,4-6,11-16H2,1-3H3/t18-/m1/s1. The van der Waals surface area contributed by atoms with Crippen LogP contribution in [-0.2, 0) is 4.79 Å². The summed E-state index contributed by atoms with van der Waals surface area (Å²) < 4.78 is 0. The van der Waals surface area contributed by atoms with Crippen LogP contribution < -0.4 is 0 Å². The normalized spacial score (nSPS) is 18.8. The number of thiazole rings is 1. The second-order valence-corrected chi connectivity index (χ2v) is 10.1. The van der Waals surface area contributed by atoms with Gasteiger partial charge in [0.2, 0.25) is 5.91 Å². The van der Waals surface area contributed by atoms with E-state index in [4.69, 9.17) is 0 Å². The number of hydrogen-bond acceptors (Lipinski definition) is 4. The van der Waals surface area contributed by atoms with E-state index in [1.807, 2.05) is 11.8 Å². The van der Waals surface area contributed by atoms with Gasteiger partial charge in [-0.3, -0.25) is 9.59 Å². The fourth-order valence-electron chi connectivity index (χ4n) is 4.76. The number of aromatic nitrogens is 1. The molecule has 3 heterocycles. The monoisotopic (exact) mass is 439 g/mol. The van der Waals surface area contributed by atoms with Crippen molar-refractivity contribution < 1.29 is 9.59 Å². The zero-order chi connectivity index (χ0) is 22.0. The van der Waals surface area contributed by atoms with Crippen molar-refractivity contribution >= 4 is 23.2 Å². The Morgan fingerprint density at radius 2 is 1.61 bits per heavy atom. The molecule has 4 rings (SSSR count). The molecule has 6 heteroatoms. The van der Waals surface area contributed by atoms with Crippen molar-refractivity contribution in [3.63, 3.8) is 0 Å². The van der Waals surface area contributed by atoms with E-state index in [0.29, 0.717) is 11.8 Å². The predicted octanol–water partition coefficient (Wildman–Crippen LogP) is 4.93. The zero-order valence-electron chi connectivity index (χ0n) is 18.9. The number of benzene rings is 1. The molecule has 31 heavy (non-hydrogen) atoms. The molecule has 2 aliphatic heterocycles. The van der Waals surface area contributed by atoms with Crippen molar-refractivity contribution in [2.24, 2.45) is 11.8 Å². The number of rotatable bonds is 4. The van der Waals surface area contributed by atoms with Gasteiger partial charge < -0.3 is 9.80 Å². The number of hydrogen-bond donors (Lipinski definition) is 0. The van der Waals surface area contributed by atoms with Crippen LogP contribution in [-0.4, -0.2) is 52.8 Å². The highest BCUT2D eigenvalue weighted by Crippen LogP contribution is 2.32. The first-order valence-electron chi connectivity index (χ1n) is 11.6. The fourth-order valence-corrected chi connectivity index (χ4v) is 5.80. The highest BCUT2D eigenvalue weighted by Gasteiger charge is 2.33. The van der Waals surface area contributed by atoms with Crippen molar-refractivity contribution in [2.75, 3.05) is 26.2 Å². The Bertz CT molecular complexity index is 923. The van der Waals surface area contributed by atoms with E-state index < -0.39 is 0 Å². The molecule has 166 valence electrons. The maximum absolute atomic E-state index is 13.2. The van der Waals surface area contributed by atoms with E-state index in [9.17, 15) is 9.59 Å². The van der Waals surface area contributed by atoms with E-state index in [-0.39, 0.29) is 11.8 Å². The summed E-state index contributed by atoms with van der Waals surface area (Å²) >= 11 is 1.49. The molecule has 1 atom stereocenters. The minimum absolute atomic E-state index is 0.0497. The molecule has 0 radical (unpaired) electrons. The molecular formula is C25H33N3O2S.